The Bertz CT molecular complexity index is 1110. The Morgan fingerprint density at radius 1 is 1.04 bits per heavy atom. The minimum Gasteiger partial charge on any atom is -0.384 e. The summed E-state index contributed by atoms with van der Waals surface area (Å²) in [6.45, 7) is 3.44. The molecule has 5 N–H and O–H groups in total. The van der Waals surface area contributed by atoms with Crippen LogP contribution in [-0.4, -0.2) is 18.6 Å². The SMILES string of the molecule is Cc1noc(NS(=O)(=O)c2ccc(N=Nc3ccc(N)nc3N)cc2)c1C. The van der Waals surface area contributed by atoms with Crippen LogP contribution in [0.15, 0.2) is 56.0 Å². The number of nitrogens with one attached hydrogen (secondary N) is 1. The molecule has 11 heteroatoms. The summed E-state index contributed by atoms with van der Waals surface area (Å²) in [5.41, 5.74) is 13.3. The maximum Gasteiger partial charge on any atom is 0.264 e. The third-order valence-corrected chi connectivity index (χ3v) is 5.08. The summed E-state index contributed by atoms with van der Waals surface area (Å²) in [6, 6.07) is 8.97. The normalized spacial score (nSPS) is 11.8. The van der Waals surface area contributed by atoms with Crippen molar-refractivity contribution in [1.82, 2.24) is 10.1 Å². The zero-order valence-corrected chi connectivity index (χ0v) is 15.4. The van der Waals surface area contributed by atoms with Crippen LogP contribution in [0.25, 0.3) is 0 Å². The van der Waals surface area contributed by atoms with Gasteiger partial charge in [0.15, 0.2) is 5.82 Å². The van der Waals surface area contributed by atoms with Gasteiger partial charge in [0.25, 0.3) is 10.0 Å². The van der Waals surface area contributed by atoms with Gasteiger partial charge in [0.1, 0.15) is 11.5 Å². The first kappa shape index (κ1) is 18.3. The van der Waals surface area contributed by atoms with Crippen LogP contribution >= 0.6 is 0 Å². The first-order valence-corrected chi connectivity index (χ1v) is 9.24. The maximum atomic E-state index is 12.4. The molecule has 1 aromatic carbocycles. The van der Waals surface area contributed by atoms with Crippen LogP contribution in [-0.2, 0) is 10.0 Å². The van der Waals surface area contributed by atoms with E-state index >= 15 is 0 Å². The highest BCUT2D eigenvalue weighted by Gasteiger charge is 2.19. The fourth-order valence-corrected chi connectivity index (χ4v) is 3.11. The quantitative estimate of drug-likeness (QED) is 0.566. The van der Waals surface area contributed by atoms with Crippen molar-refractivity contribution in [1.29, 1.82) is 0 Å². The van der Waals surface area contributed by atoms with Gasteiger partial charge in [0.2, 0.25) is 5.88 Å². The number of anilines is 3. The lowest BCUT2D eigenvalue weighted by molar-refractivity contribution is 0.430. The minimum absolute atomic E-state index is 0.0450. The first-order chi connectivity index (χ1) is 12.8. The maximum absolute atomic E-state index is 12.4. The molecule has 0 saturated heterocycles. The predicted molar refractivity (Wildman–Crippen MR) is 100 cm³/mol. The molecule has 0 fully saturated rings. The van der Waals surface area contributed by atoms with Crippen LogP contribution < -0.4 is 16.2 Å². The molecule has 3 aromatic rings. The fourth-order valence-electron chi connectivity index (χ4n) is 2.06. The Kier molecular flexibility index (Phi) is 4.77. The number of azo groups is 1. The number of rotatable bonds is 5. The lowest BCUT2D eigenvalue weighted by Crippen LogP contribution is -2.12. The van der Waals surface area contributed by atoms with Gasteiger partial charge in [0.05, 0.1) is 16.3 Å². The summed E-state index contributed by atoms with van der Waals surface area (Å²) in [5, 5.41) is 11.7. The Morgan fingerprint density at radius 3 is 2.33 bits per heavy atom. The van der Waals surface area contributed by atoms with Gasteiger partial charge in [-0.15, -0.1) is 5.11 Å². The van der Waals surface area contributed by atoms with E-state index in [1.165, 1.54) is 24.3 Å². The number of benzene rings is 1. The lowest BCUT2D eigenvalue weighted by atomic mass is 10.3. The summed E-state index contributed by atoms with van der Waals surface area (Å²) in [6.07, 6.45) is 0. The molecule has 0 amide bonds. The Labute approximate surface area is 155 Å². The van der Waals surface area contributed by atoms with Gasteiger partial charge >= 0.3 is 0 Å². The van der Waals surface area contributed by atoms with Crippen molar-refractivity contribution in [2.24, 2.45) is 10.2 Å². The van der Waals surface area contributed by atoms with Crippen LogP contribution in [0.1, 0.15) is 11.3 Å². The molecule has 27 heavy (non-hydrogen) atoms. The van der Waals surface area contributed by atoms with Crippen molar-refractivity contribution in [3.8, 4) is 0 Å². The smallest absolute Gasteiger partial charge is 0.264 e. The molecule has 0 aliphatic rings. The predicted octanol–water partition coefficient (Wildman–Crippen LogP) is 3.07. The van der Waals surface area contributed by atoms with E-state index in [1.54, 1.807) is 26.0 Å². The van der Waals surface area contributed by atoms with Crippen LogP contribution in [0.4, 0.5) is 28.9 Å². The lowest BCUT2D eigenvalue weighted by Gasteiger charge is -2.05. The summed E-state index contributed by atoms with van der Waals surface area (Å²) in [5.74, 6) is 0.521. The number of aryl methyl sites for hydroxylation is 1. The van der Waals surface area contributed by atoms with Crippen molar-refractivity contribution < 1.29 is 12.9 Å². The summed E-state index contributed by atoms with van der Waals surface area (Å²) in [7, 11) is -3.82. The van der Waals surface area contributed by atoms with Crippen molar-refractivity contribution in [3.05, 3.63) is 47.7 Å². The van der Waals surface area contributed by atoms with Crippen molar-refractivity contribution in [2.45, 2.75) is 18.7 Å². The van der Waals surface area contributed by atoms with E-state index in [4.69, 9.17) is 16.0 Å². The molecule has 2 aromatic heterocycles. The van der Waals surface area contributed by atoms with Crippen LogP contribution in [0.5, 0.6) is 0 Å². The zero-order valence-electron chi connectivity index (χ0n) is 14.5. The van der Waals surface area contributed by atoms with E-state index in [-0.39, 0.29) is 22.4 Å². The molecule has 0 saturated carbocycles. The second kappa shape index (κ2) is 7.03. The molecule has 3 rings (SSSR count). The third kappa shape index (κ3) is 4.03. The second-order valence-electron chi connectivity index (χ2n) is 5.66. The van der Waals surface area contributed by atoms with Crippen LogP contribution in [0.2, 0.25) is 0 Å². The van der Waals surface area contributed by atoms with Crippen LogP contribution in [0.3, 0.4) is 0 Å². The minimum atomic E-state index is -3.82. The highest BCUT2D eigenvalue weighted by molar-refractivity contribution is 7.92. The molecular formula is C16H17N7O3S. The highest BCUT2D eigenvalue weighted by atomic mass is 32.2. The molecule has 0 radical (unpaired) electrons. The van der Waals surface area contributed by atoms with E-state index in [0.717, 1.165) is 0 Å². The largest absolute Gasteiger partial charge is 0.384 e. The zero-order chi connectivity index (χ0) is 19.6. The third-order valence-electron chi connectivity index (χ3n) is 3.73. The molecule has 140 valence electrons. The molecule has 0 aliphatic heterocycles. The van der Waals surface area contributed by atoms with E-state index in [1.807, 2.05) is 0 Å². The number of nitrogen functional groups attached to an aromatic ring is 2. The second-order valence-corrected chi connectivity index (χ2v) is 7.34. The molecule has 0 bridgehead atoms. The number of hydrogen-bond donors (Lipinski definition) is 3. The fraction of sp³-hybridized carbons (Fsp3) is 0.125. The van der Waals surface area contributed by atoms with E-state index < -0.39 is 10.0 Å². The van der Waals surface area contributed by atoms with E-state index in [9.17, 15) is 8.42 Å². The Morgan fingerprint density at radius 2 is 1.74 bits per heavy atom. The van der Waals surface area contributed by atoms with Gasteiger partial charge in [-0.1, -0.05) is 5.16 Å². The monoisotopic (exact) mass is 387 g/mol. The van der Waals surface area contributed by atoms with Gasteiger partial charge in [0, 0.05) is 5.56 Å². The molecular weight excluding hydrogens is 370 g/mol. The standard InChI is InChI=1S/C16H17N7O3S/c1-9-10(2)22-26-16(9)23-27(24,25)12-5-3-11(4-6-12)20-21-13-7-8-14(17)19-15(13)18/h3-8,23H,1-2H3,(H4,17,18,19). The topological polar surface area (TPSA) is 162 Å². The number of nitrogens with zero attached hydrogens (tertiary/aromatic N) is 4. The van der Waals surface area contributed by atoms with Gasteiger partial charge < -0.3 is 16.0 Å². The van der Waals surface area contributed by atoms with Gasteiger partial charge in [-0.05, 0) is 50.2 Å². The average molecular weight is 387 g/mol. The first-order valence-electron chi connectivity index (χ1n) is 7.76. The molecule has 0 aliphatic carbocycles. The van der Waals surface area contributed by atoms with Gasteiger partial charge in [-0.25, -0.2) is 18.1 Å². The number of aromatic nitrogens is 2. The number of pyridine rings is 1. The molecule has 0 unspecified atom stereocenters. The van der Waals surface area contributed by atoms with E-state index in [0.29, 0.717) is 22.6 Å². The van der Waals surface area contributed by atoms with Gasteiger partial charge in [-0.2, -0.15) is 5.11 Å². The number of sulfonamides is 1. The number of hydrogen-bond acceptors (Lipinski definition) is 9. The molecule has 0 spiro atoms. The molecule has 10 nitrogen and oxygen atoms in total. The summed E-state index contributed by atoms with van der Waals surface area (Å²) < 4.78 is 32.2. The number of nitrogens with two attached hydrogens (primary N) is 2. The van der Waals surface area contributed by atoms with Crippen LogP contribution in [0, 0.1) is 13.8 Å². The Balaban J connectivity index is 1.78. The molecule has 2 heterocycles. The van der Waals surface area contributed by atoms with Crippen molar-refractivity contribution in [2.75, 3.05) is 16.2 Å². The average Bonchev–Trinajstić information content (AvgIpc) is 2.93. The Hall–Kier alpha value is -3.47. The van der Waals surface area contributed by atoms with E-state index in [2.05, 4.69) is 25.1 Å². The highest BCUT2D eigenvalue weighted by Crippen LogP contribution is 2.26. The summed E-state index contributed by atoms with van der Waals surface area (Å²) in [4.78, 5) is 3.93. The van der Waals surface area contributed by atoms with Gasteiger partial charge in [-0.3, -0.25) is 0 Å². The molecule has 0 atom stereocenters. The van der Waals surface area contributed by atoms with Crippen molar-refractivity contribution >= 4 is 38.9 Å². The van der Waals surface area contributed by atoms with Crippen molar-refractivity contribution in [3.63, 3.8) is 0 Å². The summed E-state index contributed by atoms with van der Waals surface area (Å²) >= 11 is 0.